The summed E-state index contributed by atoms with van der Waals surface area (Å²) in [6, 6.07) is 14.7. The molecule has 0 atom stereocenters. The van der Waals surface area contributed by atoms with Crippen LogP contribution in [-0.4, -0.2) is 37.4 Å². The van der Waals surface area contributed by atoms with Crippen molar-refractivity contribution in [2.75, 3.05) is 26.0 Å². The van der Waals surface area contributed by atoms with E-state index in [1.165, 1.54) is 4.90 Å². The first kappa shape index (κ1) is 18.0. The number of rotatable bonds is 6. The molecule has 0 saturated heterocycles. The molecule has 0 spiro atoms. The normalized spacial score (nSPS) is 10.1. The van der Waals surface area contributed by atoms with Gasteiger partial charge in [-0.2, -0.15) is 0 Å². The second-order valence-electron chi connectivity index (χ2n) is 5.27. The van der Waals surface area contributed by atoms with Gasteiger partial charge in [0.1, 0.15) is 5.75 Å². The summed E-state index contributed by atoms with van der Waals surface area (Å²) in [6.07, 6.45) is 0.183. The number of ether oxygens (including phenoxy) is 1. The molecule has 2 amide bonds. The maximum absolute atomic E-state index is 12.3. The summed E-state index contributed by atoms with van der Waals surface area (Å²) in [5.74, 6) is 0.261. The van der Waals surface area contributed by atoms with Crippen LogP contribution in [0.4, 0.5) is 5.69 Å². The van der Waals surface area contributed by atoms with Crippen LogP contribution >= 0.6 is 15.9 Å². The van der Waals surface area contributed by atoms with E-state index in [0.29, 0.717) is 11.4 Å². The summed E-state index contributed by atoms with van der Waals surface area (Å²) in [5, 5.41) is 2.78. The Morgan fingerprint density at radius 1 is 1.12 bits per heavy atom. The molecule has 5 nitrogen and oxygen atoms in total. The maximum Gasteiger partial charge on any atom is 0.244 e. The number of benzene rings is 2. The summed E-state index contributed by atoms with van der Waals surface area (Å²) < 4.78 is 6.04. The van der Waals surface area contributed by atoms with Crippen molar-refractivity contribution >= 4 is 33.4 Å². The lowest BCUT2D eigenvalue weighted by atomic mass is 10.1. The zero-order chi connectivity index (χ0) is 17.5. The van der Waals surface area contributed by atoms with Gasteiger partial charge in [0.05, 0.1) is 25.8 Å². The van der Waals surface area contributed by atoms with Crippen LogP contribution in [0, 0.1) is 0 Å². The topological polar surface area (TPSA) is 58.6 Å². The zero-order valence-corrected chi connectivity index (χ0v) is 15.2. The summed E-state index contributed by atoms with van der Waals surface area (Å²) in [7, 11) is 3.18. The van der Waals surface area contributed by atoms with Crippen molar-refractivity contribution in [3.8, 4) is 5.75 Å². The molecular formula is C18H19BrN2O3. The highest BCUT2D eigenvalue weighted by molar-refractivity contribution is 9.10. The van der Waals surface area contributed by atoms with E-state index in [9.17, 15) is 9.59 Å². The highest BCUT2D eigenvalue weighted by atomic mass is 79.9. The van der Waals surface area contributed by atoms with Crippen LogP contribution in [0.5, 0.6) is 5.75 Å². The molecule has 0 bridgehead atoms. The third-order valence-electron chi connectivity index (χ3n) is 3.49. The predicted molar refractivity (Wildman–Crippen MR) is 97.1 cm³/mol. The molecule has 0 heterocycles. The van der Waals surface area contributed by atoms with Gasteiger partial charge >= 0.3 is 0 Å². The lowest BCUT2D eigenvalue weighted by molar-refractivity contribution is -0.132. The molecule has 0 aromatic heterocycles. The Kier molecular flexibility index (Phi) is 6.37. The molecule has 6 heteroatoms. The first-order valence-corrected chi connectivity index (χ1v) is 8.21. The number of anilines is 1. The zero-order valence-electron chi connectivity index (χ0n) is 13.6. The monoisotopic (exact) mass is 390 g/mol. The summed E-state index contributed by atoms with van der Waals surface area (Å²) >= 11 is 3.37. The minimum absolute atomic E-state index is 0.0185. The van der Waals surface area contributed by atoms with Crippen molar-refractivity contribution < 1.29 is 14.3 Å². The molecule has 0 aliphatic carbocycles. The van der Waals surface area contributed by atoms with Crippen molar-refractivity contribution in [1.82, 2.24) is 4.90 Å². The van der Waals surface area contributed by atoms with Crippen LogP contribution in [0.3, 0.4) is 0 Å². The predicted octanol–water partition coefficient (Wildman–Crippen LogP) is 3.10. The van der Waals surface area contributed by atoms with Crippen molar-refractivity contribution in [3.63, 3.8) is 0 Å². The van der Waals surface area contributed by atoms with E-state index >= 15 is 0 Å². The van der Waals surface area contributed by atoms with Gasteiger partial charge in [-0.3, -0.25) is 9.59 Å². The molecule has 0 aliphatic rings. The van der Waals surface area contributed by atoms with Crippen LogP contribution in [-0.2, 0) is 16.0 Å². The number of nitrogens with one attached hydrogen (secondary N) is 1. The lowest BCUT2D eigenvalue weighted by Crippen LogP contribution is -2.35. The molecule has 0 aliphatic heterocycles. The summed E-state index contributed by atoms with van der Waals surface area (Å²) in [4.78, 5) is 25.8. The Hall–Kier alpha value is -2.34. The number of hydrogen-bond donors (Lipinski definition) is 1. The number of hydrogen-bond acceptors (Lipinski definition) is 3. The Morgan fingerprint density at radius 2 is 1.79 bits per heavy atom. The number of methoxy groups -OCH3 is 1. The Balaban J connectivity index is 1.94. The molecule has 0 unspecified atom stereocenters. The second kappa shape index (κ2) is 8.49. The van der Waals surface area contributed by atoms with E-state index in [-0.39, 0.29) is 24.8 Å². The lowest BCUT2D eigenvalue weighted by Gasteiger charge is -2.18. The van der Waals surface area contributed by atoms with Crippen molar-refractivity contribution in [1.29, 1.82) is 0 Å². The number of carbonyl (C=O) groups is 2. The third kappa shape index (κ3) is 4.83. The van der Waals surface area contributed by atoms with Crippen LogP contribution in [0.25, 0.3) is 0 Å². The number of amides is 2. The van der Waals surface area contributed by atoms with E-state index in [1.807, 2.05) is 42.5 Å². The fourth-order valence-electron chi connectivity index (χ4n) is 2.20. The molecule has 126 valence electrons. The SMILES string of the molecule is COc1ccccc1CC(=O)N(C)CC(=O)Nc1ccccc1Br. The number of halogens is 1. The van der Waals surface area contributed by atoms with Gasteiger partial charge < -0.3 is 15.0 Å². The average Bonchev–Trinajstić information content (AvgIpc) is 2.57. The van der Waals surface area contributed by atoms with Crippen molar-refractivity contribution in [3.05, 3.63) is 58.6 Å². The molecule has 2 aromatic carbocycles. The van der Waals surface area contributed by atoms with Crippen LogP contribution in [0.2, 0.25) is 0 Å². The van der Waals surface area contributed by atoms with Crippen LogP contribution in [0.15, 0.2) is 53.0 Å². The molecule has 0 fully saturated rings. The van der Waals surface area contributed by atoms with Gasteiger partial charge in [0.15, 0.2) is 0 Å². The van der Waals surface area contributed by atoms with Gasteiger partial charge in [-0.1, -0.05) is 30.3 Å². The van der Waals surface area contributed by atoms with Gasteiger partial charge in [0.25, 0.3) is 0 Å². The van der Waals surface area contributed by atoms with E-state index in [1.54, 1.807) is 20.2 Å². The highest BCUT2D eigenvalue weighted by Crippen LogP contribution is 2.21. The van der Waals surface area contributed by atoms with Crippen molar-refractivity contribution in [2.45, 2.75) is 6.42 Å². The molecule has 2 aromatic rings. The Morgan fingerprint density at radius 3 is 2.50 bits per heavy atom. The molecule has 2 rings (SSSR count). The first-order chi connectivity index (χ1) is 11.5. The molecule has 24 heavy (non-hydrogen) atoms. The number of carbonyl (C=O) groups excluding carboxylic acids is 2. The first-order valence-electron chi connectivity index (χ1n) is 7.41. The largest absolute Gasteiger partial charge is 0.496 e. The van der Waals surface area contributed by atoms with Gasteiger partial charge in [-0.15, -0.1) is 0 Å². The molecular weight excluding hydrogens is 372 g/mol. The average molecular weight is 391 g/mol. The highest BCUT2D eigenvalue weighted by Gasteiger charge is 2.16. The van der Waals surface area contributed by atoms with Crippen LogP contribution in [0.1, 0.15) is 5.56 Å². The van der Waals surface area contributed by atoms with E-state index in [0.717, 1.165) is 10.0 Å². The minimum Gasteiger partial charge on any atom is -0.496 e. The van der Waals surface area contributed by atoms with Gasteiger partial charge in [0.2, 0.25) is 11.8 Å². The fraction of sp³-hybridized carbons (Fsp3) is 0.222. The van der Waals surface area contributed by atoms with Gasteiger partial charge in [0, 0.05) is 17.1 Å². The fourth-order valence-corrected chi connectivity index (χ4v) is 2.59. The maximum atomic E-state index is 12.3. The minimum atomic E-state index is -0.252. The number of nitrogens with zero attached hydrogens (tertiary/aromatic N) is 1. The van der Waals surface area contributed by atoms with Gasteiger partial charge in [-0.05, 0) is 34.1 Å². The van der Waals surface area contributed by atoms with E-state index in [4.69, 9.17) is 4.74 Å². The smallest absolute Gasteiger partial charge is 0.244 e. The molecule has 1 N–H and O–H groups in total. The standard InChI is InChI=1S/C18H19BrN2O3/c1-21(12-17(22)20-15-9-5-4-8-14(15)19)18(23)11-13-7-3-6-10-16(13)24-2/h3-10H,11-12H2,1-2H3,(H,20,22). The molecule has 0 saturated carbocycles. The summed E-state index contributed by atoms with van der Waals surface area (Å²) in [5.41, 5.74) is 1.47. The number of likely N-dealkylation sites (N-methyl/N-ethyl adjacent to an activating group) is 1. The van der Waals surface area contributed by atoms with Crippen molar-refractivity contribution in [2.24, 2.45) is 0 Å². The van der Waals surface area contributed by atoms with E-state index < -0.39 is 0 Å². The summed E-state index contributed by atoms with van der Waals surface area (Å²) in [6.45, 7) is -0.0185. The van der Waals surface area contributed by atoms with E-state index in [2.05, 4.69) is 21.2 Å². The molecule has 0 radical (unpaired) electrons. The number of para-hydroxylation sites is 2. The van der Waals surface area contributed by atoms with Gasteiger partial charge in [-0.25, -0.2) is 0 Å². The quantitative estimate of drug-likeness (QED) is 0.824. The van der Waals surface area contributed by atoms with Crippen LogP contribution < -0.4 is 10.1 Å². The third-order valence-corrected chi connectivity index (χ3v) is 4.18. The Bertz CT molecular complexity index is 734. The second-order valence-corrected chi connectivity index (χ2v) is 6.12. The Labute approximate surface area is 149 Å².